The molecule has 0 aromatic rings. The zero-order valence-corrected chi connectivity index (χ0v) is 10.8. The summed E-state index contributed by atoms with van der Waals surface area (Å²) < 4.78 is 5.32. The lowest BCUT2D eigenvalue weighted by Crippen LogP contribution is -2.57. The summed E-state index contributed by atoms with van der Waals surface area (Å²) in [4.78, 5) is 5.26. The van der Waals surface area contributed by atoms with Crippen LogP contribution in [0.4, 0.5) is 0 Å². The van der Waals surface area contributed by atoms with E-state index in [9.17, 15) is 0 Å². The number of nitrogens with zero attached hydrogens (tertiary/aromatic N) is 2. The third kappa shape index (κ3) is 1.65. The number of nitrogens with one attached hydrogen (secondary N) is 1. The SMILES string of the molecule is NC1=C(N2CCN(C3COC3)C3CC32)CCNC1. The summed E-state index contributed by atoms with van der Waals surface area (Å²) in [5, 5.41) is 3.34. The van der Waals surface area contributed by atoms with E-state index in [1.165, 1.54) is 18.7 Å². The van der Waals surface area contributed by atoms with Crippen LogP contribution in [0.15, 0.2) is 11.4 Å². The monoisotopic (exact) mass is 250 g/mol. The van der Waals surface area contributed by atoms with Gasteiger partial charge in [-0.3, -0.25) is 4.90 Å². The van der Waals surface area contributed by atoms with Gasteiger partial charge >= 0.3 is 0 Å². The molecule has 0 bridgehead atoms. The number of nitrogens with two attached hydrogens (primary N) is 1. The summed E-state index contributed by atoms with van der Waals surface area (Å²) in [6.45, 7) is 6.15. The zero-order chi connectivity index (χ0) is 12.1. The Morgan fingerprint density at radius 2 is 2.11 bits per heavy atom. The summed E-state index contributed by atoms with van der Waals surface area (Å²) in [7, 11) is 0. The first kappa shape index (κ1) is 11.1. The van der Waals surface area contributed by atoms with Crippen molar-refractivity contribution in [3.63, 3.8) is 0 Å². The highest BCUT2D eigenvalue weighted by Crippen LogP contribution is 2.41. The second-order valence-corrected chi connectivity index (χ2v) is 5.89. The molecule has 2 atom stereocenters. The van der Waals surface area contributed by atoms with Gasteiger partial charge in [0.1, 0.15) is 0 Å². The second-order valence-electron chi connectivity index (χ2n) is 5.89. The molecule has 18 heavy (non-hydrogen) atoms. The minimum absolute atomic E-state index is 0.696. The first-order chi connectivity index (χ1) is 8.84. The maximum absolute atomic E-state index is 6.16. The van der Waals surface area contributed by atoms with E-state index in [0.29, 0.717) is 6.04 Å². The predicted octanol–water partition coefficient (Wildman–Crippen LogP) is -0.693. The Labute approximate surface area is 108 Å². The van der Waals surface area contributed by atoms with Gasteiger partial charge in [-0.2, -0.15) is 0 Å². The topological polar surface area (TPSA) is 53.8 Å². The molecule has 100 valence electrons. The van der Waals surface area contributed by atoms with Crippen molar-refractivity contribution in [1.29, 1.82) is 0 Å². The van der Waals surface area contributed by atoms with E-state index < -0.39 is 0 Å². The average Bonchev–Trinajstić information content (AvgIpc) is 3.08. The van der Waals surface area contributed by atoms with E-state index in [-0.39, 0.29) is 0 Å². The molecular formula is C13H22N4O. The van der Waals surface area contributed by atoms with E-state index in [1.807, 2.05) is 0 Å². The molecule has 5 nitrogen and oxygen atoms in total. The molecule has 0 aromatic carbocycles. The fourth-order valence-electron chi connectivity index (χ4n) is 3.64. The molecule has 2 saturated heterocycles. The highest BCUT2D eigenvalue weighted by molar-refractivity contribution is 5.21. The van der Waals surface area contributed by atoms with Crippen LogP contribution in [0.25, 0.3) is 0 Å². The van der Waals surface area contributed by atoms with Crippen LogP contribution in [-0.4, -0.2) is 67.3 Å². The number of hydrogen-bond donors (Lipinski definition) is 2. The fourth-order valence-corrected chi connectivity index (χ4v) is 3.64. The summed E-state index contributed by atoms with van der Waals surface area (Å²) in [6.07, 6.45) is 2.42. The smallest absolute Gasteiger partial charge is 0.0645 e. The lowest BCUT2D eigenvalue weighted by Gasteiger charge is -2.44. The molecule has 1 aliphatic carbocycles. The van der Waals surface area contributed by atoms with Crippen molar-refractivity contribution >= 4 is 0 Å². The van der Waals surface area contributed by atoms with Gasteiger partial charge in [0.2, 0.25) is 0 Å². The zero-order valence-electron chi connectivity index (χ0n) is 10.8. The molecule has 2 unspecified atom stereocenters. The highest BCUT2D eigenvalue weighted by atomic mass is 16.5. The van der Waals surface area contributed by atoms with Crippen LogP contribution >= 0.6 is 0 Å². The van der Waals surface area contributed by atoms with Gasteiger partial charge in [0.15, 0.2) is 0 Å². The Balaban J connectivity index is 1.47. The van der Waals surface area contributed by atoms with Gasteiger partial charge in [-0.15, -0.1) is 0 Å². The molecule has 3 heterocycles. The maximum Gasteiger partial charge on any atom is 0.0645 e. The molecular weight excluding hydrogens is 228 g/mol. The van der Waals surface area contributed by atoms with Gasteiger partial charge in [-0.1, -0.05) is 0 Å². The molecule has 3 fully saturated rings. The Morgan fingerprint density at radius 3 is 2.83 bits per heavy atom. The molecule has 0 aromatic heterocycles. The fraction of sp³-hybridized carbons (Fsp3) is 0.846. The Kier molecular flexibility index (Phi) is 2.53. The molecule has 4 rings (SSSR count). The van der Waals surface area contributed by atoms with Crippen molar-refractivity contribution in [1.82, 2.24) is 15.1 Å². The van der Waals surface area contributed by atoms with E-state index in [0.717, 1.165) is 57.0 Å². The van der Waals surface area contributed by atoms with Gasteiger partial charge in [0.25, 0.3) is 0 Å². The van der Waals surface area contributed by atoms with Crippen molar-refractivity contribution in [2.24, 2.45) is 5.73 Å². The molecule has 0 amide bonds. The third-order valence-corrected chi connectivity index (χ3v) is 4.81. The molecule has 0 radical (unpaired) electrons. The van der Waals surface area contributed by atoms with Crippen LogP contribution < -0.4 is 11.1 Å². The average molecular weight is 250 g/mol. The predicted molar refractivity (Wildman–Crippen MR) is 68.9 cm³/mol. The highest BCUT2D eigenvalue weighted by Gasteiger charge is 2.52. The van der Waals surface area contributed by atoms with E-state index in [1.54, 1.807) is 0 Å². The summed E-state index contributed by atoms with van der Waals surface area (Å²) >= 11 is 0. The van der Waals surface area contributed by atoms with Crippen LogP contribution in [0.1, 0.15) is 12.8 Å². The summed E-state index contributed by atoms with van der Waals surface area (Å²) in [5.74, 6) is 0. The molecule has 1 saturated carbocycles. The van der Waals surface area contributed by atoms with Crippen molar-refractivity contribution in [2.45, 2.75) is 31.0 Å². The quantitative estimate of drug-likeness (QED) is 0.679. The number of fused-ring (bicyclic) bond motifs is 1. The third-order valence-electron chi connectivity index (χ3n) is 4.81. The molecule has 4 aliphatic rings. The van der Waals surface area contributed by atoms with Gasteiger partial charge < -0.3 is 20.7 Å². The summed E-state index contributed by atoms with van der Waals surface area (Å²) in [6, 6.07) is 2.19. The van der Waals surface area contributed by atoms with Crippen molar-refractivity contribution in [3.05, 3.63) is 11.4 Å². The normalized spacial score (nSPS) is 37.4. The van der Waals surface area contributed by atoms with E-state index in [2.05, 4.69) is 15.1 Å². The standard InChI is InChI=1S/C13H22N4O/c14-10-6-15-2-1-11(10)17-4-3-16(9-7-18-8-9)12-5-13(12)17/h9,12-13,15H,1-8,14H2. The largest absolute Gasteiger partial charge is 0.400 e. The van der Waals surface area contributed by atoms with Crippen LogP contribution in [0.5, 0.6) is 0 Å². The molecule has 3 N–H and O–H groups in total. The van der Waals surface area contributed by atoms with Crippen molar-refractivity contribution in [2.75, 3.05) is 39.4 Å². The van der Waals surface area contributed by atoms with Gasteiger partial charge in [0.05, 0.1) is 19.3 Å². The first-order valence-corrected chi connectivity index (χ1v) is 7.13. The first-order valence-electron chi connectivity index (χ1n) is 7.13. The number of piperazine rings is 1. The minimum atomic E-state index is 0.696. The Hall–Kier alpha value is -0.780. The lowest BCUT2D eigenvalue weighted by atomic mass is 10.1. The lowest BCUT2D eigenvalue weighted by molar-refractivity contribution is -0.0780. The summed E-state index contributed by atoms with van der Waals surface area (Å²) in [5.41, 5.74) is 8.65. The Morgan fingerprint density at radius 1 is 1.22 bits per heavy atom. The van der Waals surface area contributed by atoms with Gasteiger partial charge in [-0.25, -0.2) is 0 Å². The van der Waals surface area contributed by atoms with E-state index in [4.69, 9.17) is 10.5 Å². The number of ether oxygens (including phenoxy) is 1. The van der Waals surface area contributed by atoms with Crippen LogP contribution in [-0.2, 0) is 4.74 Å². The van der Waals surface area contributed by atoms with Gasteiger partial charge in [-0.05, 0) is 6.42 Å². The van der Waals surface area contributed by atoms with Crippen LogP contribution in [0.3, 0.4) is 0 Å². The van der Waals surface area contributed by atoms with Crippen molar-refractivity contribution < 1.29 is 4.74 Å². The number of hydrogen-bond acceptors (Lipinski definition) is 5. The molecule has 3 aliphatic heterocycles. The van der Waals surface area contributed by atoms with Crippen molar-refractivity contribution in [3.8, 4) is 0 Å². The minimum Gasteiger partial charge on any atom is -0.400 e. The molecule has 5 heteroatoms. The maximum atomic E-state index is 6.16. The van der Waals surface area contributed by atoms with Crippen LogP contribution in [0.2, 0.25) is 0 Å². The Bertz CT molecular complexity index is 379. The van der Waals surface area contributed by atoms with Crippen LogP contribution in [0, 0.1) is 0 Å². The molecule has 0 spiro atoms. The van der Waals surface area contributed by atoms with E-state index >= 15 is 0 Å². The van der Waals surface area contributed by atoms with Gasteiger partial charge in [0, 0.05) is 56.1 Å². The second kappa shape index (κ2) is 4.11. The number of rotatable bonds is 2.